The number of anilines is 1. The van der Waals surface area contributed by atoms with E-state index in [0.29, 0.717) is 18.7 Å². The molecule has 0 radical (unpaired) electrons. The first-order chi connectivity index (χ1) is 8.99. The van der Waals surface area contributed by atoms with Crippen molar-refractivity contribution in [3.05, 3.63) is 17.7 Å². The van der Waals surface area contributed by atoms with E-state index in [9.17, 15) is 4.79 Å². The number of hydrogen-bond acceptors (Lipinski definition) is 4. The van der Waals surface area contributed by atoms with Crippen LogP contribution >= 0.6 is 0 Å². The average molecular weight is 267 g/mol. The number of carboxylic acid groups (broad SMARTS) is 1. The van der Waals surface area contributed by atoms with Crippen molar-refractivity contribution in [2.75, 3.05) is 26.1 Å². The van der Waals surface area contributed by atoms with Gasteiger partial charge >= 0.3 is 5.97 Å². The second-order valence-corrected chi connectivity index (χ2v) is 4.48. The van der Waals surface area contributed by atoms with E-state index in [0.717, 1.165) is 17.0 Å². The lowest BCUT2D eigenvalue weighted by molar-refractivity contribution is -0.141. The van der Waals surface area contributed by atoms with Crippen LogP contribution in [0.15, 0.2) is 12.1 Å². The summed E-state index contributed by atoms with van der Waals surface area (Å²) in [7, 11) is 3.20. The topological polar surface area (TPSA) is 67.8 Å². The molecule has 1 aromatic carbocycles. The molecule has 5 nitrogen and oxygen atoms in total. The highest BCUT2D eigenvalue weighted by Crippen LogP contribution is 2.33. The number of methoxy groups -OCH3 is 2. The molecule has 0 fully saturated rings. The SMILES string of the molecule is COc1cc(C)c(NCCC(C)C(=O)O)c(OC)c1. The number of carbonyl (C=O) groups is 1. The van der Waals surface area contributed by atoms with E-state index < -0.39 is 5.97 Å². The molecule has 0 aliphatic carbocycles. The third-order valence-electron chi connectivity index (χ3n) is 3.03. The number of aryl methyl sites for hydroxylation is 1. The molecular weight excluding hydrogens is 246 g/mol. The first-order valence-electron chi connectivity index (χ1n) is 6.19. The van der Waals surface area contributed by atoms with Crippen LogP contribution in [0.2, 0.25) is 0 Å². The van der Waals surface area contributed by atoms with Crippen LogP contribution in [0.3, 0.4) is 0 Å². The van der Waals surface area contributed by atoms with Crippen molar-refractivity contribution in [1.82, 2.24) is 0 Å². The number of ether oxygens (including phenoxy) is 2. The molecule has 0 amide bonds. The molecule has 19 heavy (non-hydrogen) atoms. The number of nitrogens with one attached hydrogen (secondary N) is 1. The summed E-state index contributed by atoms with van der Waals surface area (Å²) in [6.45, 7) is 4.23. The van der Waals surface area contributed by atoms with Gasteiger partial charge in [-0.05, 0) is 25.0 Å². The first kappa shape index (κ1) is 15.1. The maximum absolute atomic E-state index is 10.7. The molecular formula is C14H21NO4. The van der Waals surface area contributed by atoms with Crippen LogP contribution in [0.5, 0.6) is 11.5 Å². The van der Waals surface area contributed by atoms with Gasteiger partial charge in [-0.15, -0.1) is 0 Å². The molecule has 1 rings (SSSR count). The minimum Gasteiger partial charge on any atom is -0.497 e. The van der Waals surface area contributed by atoms with Crippen LogP contribution in [0.4, 0.5) is 5.69 Å². The zero-order valence-corrected chi connectivity index (χ0v) is 11.8. The minimum atomic E-state index is -0.778. The molecule has 0 spiro atoms. The van der Waals surface area contributed by atoms with Crippen molar-refractivity contribution in [3.8, 4) is 11.5 Å². The zero-order valence-electron chi connectivity index (χ0n) is 11.8. The van der Waals surface area contributed by atoms with E-state index in [2.05, 4.69) is 5.32 Å². The van der Waals surface area contributed by atoms with Gasteiger partial charge in [0.25, 0.3) is 0 Å². The van der Waals surface area contributed by atoms with E-state index in [4.69, 9.17) is 14.6 Å². The summed E-state index contributed by atoms with van der Waals surface area (Å²) < 4.78 is 10.5. The van der Waals surface area contributed by atoms with E-state index in [1.54, 1.807) is 27.2 Å². The number of carboxylic acids is 1. The van der Waals surface area contributed by atoms with Gasteiger partial charge in [0, 0.05) is 12.6 Å². The van der Waals surface area contributed by atoms with Crippen LogP contribution in [0.1, 0.15) is 18.9 Å². The maximum Gasteiger partial charge on any atom is 0.306 e. The Hall–Kier alpha value is -1.91. The largest absolute Gasteiger partial charge is 0.497 e. The molecule has 1 atom stereocenters. The van der Waals surface area contributed by atoms with Gasteiger partial charge in [-0.3, -0.25) is 4.79 Å². The molecule has 2 N–H and O–H groups in total. The van der Waals surface area contributed by atoms with Gasteiger partial charge in [-0.2, -0.15) is 0 Å². The molecule has 5 heteroatoms. The second-order valence-electron chi connectivity index (χ2n) is 4.48. The van der Waals surface area contributed by atoms with Crippen LogP contribution in [-0.2, 0) is 4.79 Å². The van der Waals surface area contributed by atoms with Gasteiger partial charge in [0.2, 0.25) is 0 Å². The van der Waals surface area contributed by atoms with Crippen LogP contribution in [-0.4, -0.2) is 31.8 Å². The highest BCUT2D eigenvalue weighted by atomic mass is 16.5. The Morgan fingerprint density at radius 2 is 2.05 bits per heavy atom. The molecule has 0 aliphatic heterocycles. The fourth-order valence-electron chi connectivity index (χ4n) is 1.77. The van der Waals surface area contributed by atoms with Gasteiger partial charge in [0.1, 0.15) is 11.5 Å². The number of rotatable bonds is 7. The highest BCUT2D eigenvalue weighted by molar-refractivity contribution is 5.69. The number of aliphatic carboxylic acids is 1. The lowest BCUT2D eigenvalue weighted by Gasteiger charge is -2.16. The number of hydrogen-bond donors (Lipinski definition) is 2. The van der Waals surface area contributed by atoms with Gasteiger partial charge in [0.15, 0.2) is 0 Å². The molecule has 106 valence electrons. The van der Waals surface area contributed by atoms with E-state index in [1.807, 2.05) is 13.0 Å². The third kappa shape index (κ3) is 4.05. The Balaban J connectivity index is 2.75. The van der Waals surface area contributed by atoms with E-state index in [1.165, 1.54) is 0 Å². The molecule has 0 saturated carbocycles. The molecule has 0 heterocycles. The Kier molecular flexibility index (Phi) is 5.48. The second kappa shape index (κ2) is 6.87. The standard InChI is InChI=1S/C14H21NO4/c1-9(14(16)17)5-6-15-13-10(2)7-11(18-3)8-12(13)19-4/h7-9,15H,5-6H2,1-4H3,(H,16,17). The van der Waals surface area contributed by atoms with E-state index >= 15 is 0 Å². The smallest absolute Gasteiger partial charge is 0.306 e. The Bertz CT molecular complexity index is 445. The van der Waals surface area contributed by atoms with Gasteiger partial charge < -0.3 is 19.9 Å². The normalized spacial score (nSPS) is 11.8. The Labute approximate surface area is 113 Å². The number of benzene rings is 1. The van der Waals surface area contributed by atoms with Crippen LogP contribution in [0.25, 0.3) is 0 Å². The molecule has 1 unspecified atom stereocenters. The summed E-state index contributed by atoms with van der Waals surface area (Å²) in [6.07, 6.45) is 0.559. The fourth-order valence-corrected chi connectivity index (χ4v) is 1.77. The quantitative estimate of drug-likeness (QED) is 0.794. The maximum atomic E-state index is 10.7. The monoisotopic (exact) mass is 267 g/mol. The van der Waals surface area contributed by atoms with E-state index in [-0.39, 0.29) is 5.92 Å². The zero-order chi connectivity index (χ0) is 14.4. The summed E-state index contributed by atoms with van der Waals surface area (Å²) in [6, 6.07) is 3.71. The van der Waals surface area contributed by atoms with Crippen LogP contribution in [0, 0.1) is 12.8 Å². The predicted octanol–water partition coefficient (Wildman–Crippen LogP) is 2.53. The van der Waals surface area contributed by atoms with Gasteiger partial charge in [0.05, 0.1) is 25.8 Å². The van der Waals surface area contributed by atoms with Crippen molar-refractivity contribution >= 4 is 11.7 Å². The van der Waals surface area contributed by atoms with Crippen molar-refractivity contribution in [1.29, 1.82) is 0 Å². The van der Waals surface area contributed by atoms with Crippen molar-refractivity contribution in [2.45, 2.75) is 20.3 Å². The highest BCUT2D eigenvalue weighted by Gasteiger charge is 2.12. The third-order valence-corrected chi connectivity index (χ3v) is 3.03. The lowest BCUT2D eigenvalue weighted by atomic mass is 10.1. The lowest BCUT2D eigenvalue weighted by Crippen LogP contribution is -2.15. The molecule has 0 saturated heterocycles. The molecule has 0 bridgehead atoms. The predicted molar refractivity (Wildman–Crippen MR) is 74.2 cm³/mol. The van der Waals surface area contributed by atoms with Gasteiger partial charge in [-0.25, -0.2) is 0 Å². The Morgan fingerprint density at radius 1 is 1.37 bits per heavy atom. The van der Waals surface area contributed by atoms with Crippen molar-refractivity contribution in [2.24, 2.45) is 5.92 Å². The summed E-state index contributed by atoms with van der Waals surface area (Å²) in [5, 5.41) is 12.1. The van der Waals surface area contributed by atoms with Crippen molar-refractivity contribution < 1.29 is 19.4 Å². The average Bonchev–Trinajstić information content (AvgIpc) is 2.39. The fraction of sp³-hybridized carbons (Fsp3) is 0.500. The summed E-state index contributed by atoms with van der Waals surface area (Å²) in [5.41, 5.74) is 1.88. The summed E-state index contributed by atoms with van der Waals surface area (Å²) in [5.74, 6) is 0.288. The molecule has 0 aliphatic rings. The first-order valence-corrected chi connectivity index (χ1v) is 6.19. The van der Waals surface area contributed by atoms with Crippen molar-refractivity contribution in [3.63, 3.8) is 0 Å². The minimum absolute atomic E-state index is 0.364. The van der Waals surface area contributed by atoms with Gasteiger partial charge in [-0.1, -0.05) is 6.92 Å². The Morgan fingerprint density at radius 3 is 2.58 bits per heavy atom. The summed E-state index contributed by atoms with van der Waals surface area (Å²) in [4.78, 5) is 10.7. The molecule has 0 aromatic heterocycles. The van der Waals surface area contributed by atoms with Crippen LogP contribution < -0.4 is 14.8 Å². The molecule has 1 aromatic rings. The summed E-state index contributed by atoms with van der Waals surface area (Å²) >= 11 is 0.